The second-order valence-corrected chi connectivity index (χ2v) is 7.34. The molecule has 0 aromatic heterocycles. The summed E-state index contributed by atoms with van der Waals surface area (Å²) in [5, 5.41) is 19.0. The van der Waals surface area contributed by atoms with E-state index in [1.807, 2.05) is 13.8 Å². The van der Waals surface area contributed by atoms with Gasteiger partial charge in [-0.15, -0.1) is 0 Å². The van der Waals surface area contributed by atoms with E-state index in [1.165, 1.54) is 6.08 Å². The van der Waals surface area contributed by atoms with Gasteiger partial charge in [-0.2, -0.15) is 0 Å². The molecule has 0 amide bonds. The Hall–Kier alpha value is -1.85. The van der Waals surface area contributed by atoms with Gasteiger partial charge in [-0.25, -0.2) is 4.79 Å². The first-order valence-electron chi connectivity index (χ1n) is 8.45. The fraction of sp³-hybridized carbons (Fsp3) is 0.722. The van der Waals surface area contributed by atoms with Crippen LogP contribution in [0.3, 0.4) is 0 Å². The molecule has 1 aliphatic rings. The van der Waals surface area contributed by atoms with Gasteiger partial charge in [0.2, 0.25) is 0 Å². The molecule has 2 unspecified atom stereocenters. The zero-order valence-electron chi connectivity index (χ0n) is 14.9. The van der Waals surface area contributed by atoms with Gasteiger partial charge >= 0.3 is 17.9 Å². The molecule has 2 atom stereocenters. The molecule has 0 aliphatic heterocycles. The Balaban J connectivity index is 3.15. The summed E-state index contributed by atoms with van der Waals surface area (Å²) in [5.41, 5.74) is -1.01. The lowest BCUT2D eigenvalue weighted by atomic mass is 9.68. The van der Waals surface area contributed by atoms with Crippen molar-refractivity contribution in [1.29, 1.82) is 0 Å². The number of aliphatic carboxylic acids is 2. The van der Waals surface area contributed by atoms with E-state index in [2.05, 4.69) is 0 Å². The fourth-order valence-corrected chi connectivity index (χ4v) is 2.99. The largest absolute Gasteiger partial charge is 0.481 e. The average Bonchev–Trinajstić information content (AvgIpc) is 2.50. The molecule has 0 radical (unpaired) electrons. The first kappa shape index (κ1) is 20.2. The predicted octanol–water partition coefficient (Wildman–Crippen LogP) is 3.11. The molecule has 6 nitrogen and oxygen atoms in total. The van der Waals surface area contributed by atoms with Crippen LogP contribution in [0.15, 0.2) is 11.6 Å². The second-order valence-electron chi connectivity index (χ2n) is 7.34. The Labute approximate surface area is 142 Å². The summed E-state index contributed by atoms with van der Waals surface area (Å²) in [6, 6.07) is 0. The molecule has 0 bridgehead atoms. The highest BCUT2D eigenvalue weighted by Gasteiger charge is 2.44. The molecular formula is C18H28O6. The Morgan fingerprint density at radius 2 is 1.83 bits per heavy atom. The highest BCUT2D eigenvalue weighted by molar-refractivity contribution is 5.91. The molecule has 1 saturated carbocycles. The van der Waals surface area contributed by atoms with Gasteiger partial charge in [-0.3, -0.25) is 9.59 Å². The van der Waals surface area contributed by atoms with Gasteiger partial charge in [0.25, 0.3) is 0 Å². The predicted molar refractivity (Wildman–Crippen MR) is 88.4 cm³/mol. The van der Waals surface area contributed by atoms with Gasteiger partial charge in [-0.05, 0) is 31.1 Å². The highest BCUT2D eigenvalue weighted by atomic mass is 16.5. The Morgan fingerprint density at radius 3 is 2.29 bits per heavy atom. The summed E-state index contributed by atoms with van der Waals surface area (Å²) in [7, 11) is 0. The van der Waals surface area contributed by atoms with Crippen LogP contribution in [-0.4, -0.2) is 34.7 Å². The lowest BCUT2D eigenvalue weighted by Gasteiger charge is -2.34. The van der Waals surface area contributed by atoms with E-state index in [4.69, 9.17) is 4.74 Å². The molecule has 1 rings (SSSR count). The Bertz CT molecular complexity index is 520. The van der Waals surface area contributed by atoms with Crippen LogP contribution in [0.4, 0.5) is 0 Å². The van der Waals surface area contributed by atoms with Gasteiger partial charge in [0.1, 0.15) is 0 Å². The molecular weight excluding hydrogens is 312 g/mol. The van der Waals surface area contributed by atoms with Crippen molar-refractivity contribution in [2.75, 3.05) is 6.61 Å². The van der Waals surface area contributed by atoms with E-state index in [0.717, 1.165) is 0 Å². The average molecular weight is 340 g/mol. The third-order valence-electron chi connectivity index (χ3n) is 4.40. The van der Waals surface area contributed by atoms with Crippen molar-refractivity contribution in [2.24, 2.45) is 23.2 Å². The van der Waals surface area contributed by atoms with E-state index in [0.29, 0.717) is 24.8 Å². The minimum Gasteiger partial charge on any atom is -0.481 e. The highest BCUT2D eigenvalue weighted by Crippen LogP contribution is 2.42. The summed E-state index contributed by atoms with van der Waals surface area (Å²) in [6.45, 7) is 7.71. The van der Waals surface area contributed by atoms with E-state index in [1.54, 1.807) is 13.8 Å². The van der Waals surface area contributed by atoms with E-state index in [-0.39, 0.29) is 24.9 Å². The first-order valence-corrected chi connectivity index (χ1v) is 8.45. The summed E-state index contributed by atoms with van der Waals surface area (Å²) in [6.07, 6.45) is 2.77. The molecule has 0 aromatic carbocycles. The number of esters is 1. The van der Waals surface area contributed by atoms with Crippen molar-refractivity contribution < 1.29 is 29.3 Å². The first-order chi connectivity index (χ1) is 11.1. The van der Waals surface area contributed by atoms with Crippen molar-refractivity contribution in [3.05, 3.63) is 11.6 Å². The Morgan fingerprint density at radius 1 is 1.21 bits per heavy atom. The zero-order valence-corrected chi connectivity index (χ0v) is 14.9. The molecule has 1 aliphatic carbocycles. The van der Waals surface area contributed by atoms with Crippen LogP contribution in [0.1, 0.15) is 53.4 Å². The number of carboxylic acid groups (broad SMARTS) is 2. The van der Waals surface area contributed by atoms with Crippen LogP contribution in [0.25, 0.3) is 0 Å². The zero-order chi connectivity index (χ0) is 18.5. The number of rotatable bonds is 7. The maximum atomic E-state index is 12.3. The summed E-state index contributed by atoms with van der Waals surface area (Å²) >= 11 is 0. The standard InChI is InChI=1S/C18H28O6/c1-11(2)10-24-16(21)14(12(3)4)9-18(17(22)23)7-5-6-13(8-18)15(19)20/h9,11-13H,5-8,10H2,1-4H3,(H,19,20)(H,22,23). The number of ether oxygens (including phenoxy) is 1. The molecule has 24 heavy (non-hydrogen) atoms. The van der Waals surface area contributed by atoms with E-state index >= 15 is 0 Å². The molecule has 0 aromatic rings. The molecule has 0 heterocycles. The van der Waals surface area contributed by atoms with Crippen molar-refractivity contribution in [3.63, 3.8) is 0 Å². The van der Waals surface area contributed by atoms with Crippen LogP contribution in [0.2, 0.25) is 0 Å². The molecule has 2 N–H and O–H groups in total. The molecule has 0 spiro atoms. The lowest BCUT2D eigenvalue weighted by Crippen LogP contribution is -2.38. The fourth-order valence-electron chi connectivity index (χ4n) is 2.99. The maximum absolute atomic E-state index is 12.3. The van der Waals surface area contributed by atoms with E-state index in [9.17, 15) is 24.6 Å². The van der Waals surface area contributed by atoms with Crippen LogP contribution in [0.5, 0.6) is 0 Å². The van der Waals surface area contributed by atoms with Gasteiger partial charge in [0, 0.05) is 5.57 Å². The smallest absolute Gasteiger partial charge is 0.333 e. The molecule has 6 heteroatoms. The molecule has 136 valence electrons. The second kappa shape index (κ2) is 8.31. The number of hydrogen-bond donors (Lipinski definition) is 2. The van der Waals surface area contributed by atoms with Crippen molar-refractivity contribution in [1.82, 2.24) is 0 Å². The monoisotopic (exact) mass is 340 g/mol. The van der Waals surface area contributed by atoms with Crippen molar-refractivity contribution >= 4 is 17.9 Å². The quantitative estimate of drug-likeness (QED) is 0.545. The SMILES string of the molecule is CC(C)COC(=O)C(=CC1(C(=O)O)CCCC(C(=O)O)C1)C(C)C. The van der Waals surface area contributed by atoms with Gasteiger partial charge in [0.15, 0.2) is 0 Å². The van der Waals surface area contributed by atoms with Crippen LogP contribution in [-0.2, 0) is 19.1 Å². The van der Waals surface area contributed by atoms with Crippen LogP contribution < -0.4 is 0 Å². The summed E-state index contributed by atoms with van der Waals surface area (Å²) < 4.78 is 5.25. The number of carboxylic acids is 2. The van der Waals surface area contributed by atoms with Crippen LogP contribution >= 0.6 is 0 Å². The third-order valence-corrected chi connectivity index (χ3v) is 4.40. The van der Waals surface area contributed by atoms with Crippen LogP contribution in [0, 0.1) is 23.2 Å². The molecule has 0 saturated heterocycles. The summed E-state index contributed by atoms with van der Waals surface area (Å²) in [5.74, 6) is -3.30. The van der Waals surface area contributed by atoms with Crippen molar-refractivity contribution in [3.8, 4) is 0 Å². The van der Waals surface area contributed by atoms with Gasteiger partial charge in [0.05, 0.1) is 17.9 Å². The molecule has 1 fully saturated rings. The van der Waals surface area contributed by atoms with Crippen molar-refractivity contribution in [2.45, 2.75) is 53.4 Å². The maximum Gasteiger partial charge on any atom is 0.333 e. The van der Waals surface area contributed by atoms with Gasteiger partial charge < -0.3 is 14.9 Å². The number of carbonyl (C=O) groups is 3. The number of hydrogen-bond acceptors (Lipinski definition) is 4. The lowest BCUT2D eigenvalue weighted by molar-refractivity contribution is -0.152. The van der Waals surface area contributed by atoms with Gasteiger partial charge in [-0.1, -0.05) is 40.2 Å². The number of carbonyl (C=O) groups excluding carboxylic acids is 1. The minimum atomic E-state index is -1.32. The topological polar surface area (TPSA) is 101 Å². The normalized spacial score (nSPS) is 24.9. The summed E-state index contributed by atoms with van der Waals surface area (Å²) in [4.78, 5) is 35.5. The third kappa shape index (κ3) is 5.08. The Kier molecular flexibility index (Phi) is 6.99. The van der Waals surface area contributed by atoms with E-state index < -0.39 is 29.2 Å². The minimum absolute atomic E-state index is 0.00530.